The summed E-state index contributed by atoms with van der Waals surface area (Å²) in [4.78, 5) is 18.9. The van der Waals surface area contributed by atoms with Crippen molar-refractivity contribution in [1.29, 1.82) is 0 Å². The highest BCUT2D eigenvalue weighted by molar-refractivity contribution is 6.03. The summed E-state index contributed by atoms with van der Waals surface area (Å²) >= 11 is 0. The number of nitrogens with zero attached hydrogens (tertiary/aromatic N) is 2. The molecule has 2 heterocycles. The summed E-state index contributed by atoms with van der Waals surface area (Å²) < 4.78 is 0. The Morgan fingerprint density at radius 1 is 1.04 bits per heavy atom. The molecule has 3 aromatic rings. The van der Waals surface area contributed by atoms with Crippen molar-refractivity contribution in [2.24, 2.45) is 0 Å². The van der Waals surface area contributed by atoms with Crippen LogP contribution in [0.15, 0.2) is 72.9 Å². The molecule has 1 N–H and O–H groups in total. The second-order valence-electron chi connectivity index (χ2n) is 6.27. The summed E-state index contributed by atoms with van der Waals surface area (Å²) in [6.45, 7) is 2.21. The molecule has 1 aliphatic heterocycles. The van der Waals surface area contributed by atoms with Crippen LogP contribution in [0.3, 0.4) is 0 Å². The largest absolute Gasteiger partial charge is 0.337 e. The van der Waals surface area contributed by atoms with Crippen LogP contribution in [0.1, 0.15) is 22.8 Å². The maximum Gasteiger partial charge on any atom is 0.256 e. The van der Waals surface area contributed by atoms with E-state index in [-0.39, 0.29) is 5.91 Å². The van der Waals surface area contributed by atoms with E-state index in [4.69, 9.17) is 0 Å². The standard InChI is InChI=1S/C21H19N3O/c1-15-13-17-9-5-6-10-19(17)24(15)18-11-12-20(22-14-18)23-21(25)16-7-3-2-4-8-16/h2-12,14-15H,13H2,1H3,(H,22,23,25). The van der Waals surface area contributed by atoms with Gasteiger partial charge in [-0.25, -0.2) is 4.98 Å². The van der Waals surface area contributed by atoms with Gasteiger partial charge in [-0.2, -0.15) is 0 Å². The molecule has 4 nitrogen and oxygen atoms in total. The molecule has 0 saturated heterocycles. The number of fused-ring (bicyclic) bond motifs is 1. The number of anilines is 3. The first-order chi connectivity index (χ1) is 12.2. The zero-order valence-corrected chi connectivity index (χ0v) is 14.0. The molecule has 1 unspecified atom stereocenters. The molecule has 0 fully saturated rings. The van der Waals surface area contributed by atoms with E-state index >= 15 is 0 Å². The van der Waals surface area contributed by atoms with Gasteiger partial charge in [0.05, 0.1) is 11.9 Å². The topological polar surface area (TPSA) is 45.2 Å². The zero-order valence-electron chi connectivity index (χ0n) is 14.0. The van der Waals surface area contributed by atoms with Crippen LogP contribution >= 0.6 is 0 Å². The average Bonchev–Trinajstić information content (AvgIpc) is 2.99. The molecule has 1 amide bonds. The number of para-hydroxylation sites is 1. The Hall–Kier alpha value is -3.14. The molecule has 0 radical (unpaired) electrons. The Labute approximate surface area is 147 Å². The highest BCUT2D eigenvalue weighted by Gasteiger charge is 2.26. The number of rotatable bonds is 3. The number of hydrogen-bond acceptors (Lipinski definition) is 3. The van der Waals surface area contributed by atoms with E-state index < -0.39 is 0 Å². The van der Waals surface area contributed by atoms with Gasteiger partial charge in [-0.3, -0.25) is 4.79 Å². The molecular formula is C21H19N3O. The monoisotopic (exact) mass is 329 g/mol. The fraction of sp³-hybridized carbons (Fsp3) is 0.143. The molecule has 0 aliphatic carbocycles. The van der Waals surface area contributed by atoms with E-state index in [1.165, 1.54) is 11.3 Å². The van der Waals surface area contributed by atoms with Gasteiger partial charge in [0.1, 0.15) is 5.82 Å². The van der Waals surface area contributed by atoms with Gasteiger partial charge in [0.15, 0.2) is 0 Å². The normalized spacial score (nSPS) is 15.7. The molecule has 1 atom stereocenters. The first-order valence-corrected chi connectivity index (χ1v) is 8.42. The van der Waals surface area contributed by atoms with Gasteiger partial charge < -0.3 is 10.2 Å². The lowest BCUT2D eigenvalue weighted by atomic mass is 10.1. The van der Waals surface area contributed by atoms with E-state index in [1.54, 1.807) is 12.1 Å². The minimum atomic E-state index is -0.152. The summed E-state index contributed by atoms with van der Waals surface area (Å²) in [6.07, 6.45) is 2.85. The van der Waals surface area contributed by atoms with Crippen LogP contribution in [0, 0.1) is 0 Å². The lowest BCUT2D eigenvalue weighted by molar-refractivity contribution is 0.102. The van der Waals surface area contributed by atoms with Gasteiger partial charge in [0, 0.05) is 17.3 Å². The molecule has 0 bridgehead atoms. The average molecular weight is 329 g/mol. The molecule has 25 heavy (non-hydrogen) atoms. The van der Waals surface area contributed by atoms with Gasteiger partial charge in [0.25, 0.3) is 5.91 Å². The van der Waals surface area contributed by atoms with E-state index in [1.807, 2.05) is 36.5 Å². The zero-order chi connectivity index (χ0) is 17.2. The number of carbonyl (C=O) groups is 1. The van der Waals surface area contributed by atoms with Crippen LogP contribution in [0.5, 0.6) is 0 Å². The highest BCUT2D eigenvalue weighted by atomic mass is 16.1. The summed E-state index contributed by atoms with van der Waals surface area (Å²) in [7, 11) is 0. The Balaban J connectivity index is 1.54. The molecule has 0 spiro atoms. The second kappa shape index (κ2) is 6.40. The summed E-state index contributed by atoms with van der Waals surface area (Å²) in [5, 5.41) is 2.84. The predicted octanol–water partition coefficient (Wildman–Crippen LogP) is 4.42. The van der Waals surface area contributed by atoms with Crippen LogP contribution in [0.2, 0.25) is 0 Å². The number of hydrogen-bond donors (Lipinski definition) is 1. The lowest BCUT2D eigenvalue weighted by Crippen LogP contribution is -2.24. The van der Waals surface area contributed by atoms with Crippen LogP contribution in [0.25, 0.3) is 0 Å². The fourth-order valence-electron chi connectivity index (χ4n) is 3.34. The summed E-state index contributed by atoms with van der Waals surface area (Å²) in [5.74, 6) is 0.401. The Morgan fingerprint density at radius 3 is 2.56 bits per heavy atom. The van der Waals surface area contributed by atoms with Gasteiger partial charge >= 0.3 is 0 Å². The second-order valence-corrected chi connectivity index (χ2v) is 6.27. The van der Waals surface area contributed by atoms with E-state index in [0.29, 0.717) is 17.4 Å². The Bertz CT molecular complexity index is 891. The maximum atomic E-state index is 12.2. The first-order valence-electron chi connectivity index (χ1n) is 8.42. The van der Waals surface area contributed by atoms with Crippen molar-refractivity contribution in [2.45, 2.75) is 19.4 Å². The van der Waals surface area contributed by atoms with Gasteiger partial charge in [-0.05, 0) is 49.2 Å². The van der Waals surface area contributed by atoms with Crippen molar-refractivity contribution < 1.29 is 4.79 Å². The summed E-state index contributed by atoms with van der Waals surface area (Å²) in [5.41, 5.74) is 4.25. The van der Waals surface area contributed by atoms with E-state index in [0.717, 1.165) is 12.1 Å². The third kappa shape index (κ3) is 2.98. The number of nitrogens with one attached hydrogen (secondary N) is 1. The third-order valence-corrected chi connectivity index (χ3v) is 4.51. The van der Waals surface area contributed by atoms with Gasteiger partial charge in [-0.15, -0.1) is 0 Å². The number of amides is 1. The van der Waals surface area contributed by atoms with Crippen molar-refractivity contribution in [1.82, 2.24) is 4.98 Å². The SMILES string of the molecule is CC1Cc2ccccc2N1c1ccc(NC(=O)c2ccccc2)nc1. The molecule has 124 valence electrons. The Kier molecular flexibility index (Phi) is 3.94. The number of carbonyl (C=O) groups excluding carboxylic acids is 1. The van der Waals surface area contributed by atoms with Crippen LogP contribution in [-0.2, 0) is 6.42 Å². The minimum Gasteiger partial charge on any atom is -0.337 e. The minimum absolute atomic E-state index is 0.152. The van der Waals surface area contributed by atoms with Crippen LogP contribution in [0.4, 0.5) is 17.2 Å². The smallest absolute Gasteiger partial charge is 0.256 e. The molecule has 1 aromatic heterocycles. The van der Waals surface area contributed by atoms with Crippen molar-refractivity contribution in [3.8, 4) is 0 Å². The first kappa shape index (κ1) is 15.4. The Morgan fingerprint density at radius 2 is 1.80 bits per heavy atom. The molecular weight excluding hydrogens is 310 g/mol. The number of pyridine rings is 1. The van der Waals surface area contributed by atoms with Crippen molar-refractivity contribution in [3.05, 3.63) is 84.1 Å². The lowest BCUT2D eigenvalue weighted by Gasteiger charge is -2.24. The van der Waals surface area contributed by atoms with Crippen LogP contribution < -0.4 is 10.2 Å². The molecule has 1 aliphatic rings. The van der Waals surface area contributed by atoms with E-state index in [2.05, 4.69) is 46.4 Å². The van der Waals surface area contributed by atoms with Crippen molar-refractivity contribution >= 4 is 23.1 Å². The third-order valence-electron chi connectivity index (χ3n) is 4.51. The maximum absolute atomic E-state index is 12.2. The quantitative estimate of drug-likeness (QED) is 0.774. The fourth-order valence-corrected chi connectivity index (χ4v) is 3.34. The van der Waals surface area contributed by atoms with Gasteiger partial charge in [0.2, 0.25) is 0 Å². The molecule has 4 rings (SSSR count). The predicted molar refractivity (Wildman–Crippen MR) is 100 cm³/mol. The highest BCUT2D eigenvalue weighted by Crippen LogP contribution is 2.37. The van der Waals surface area contributed by atoms with Crippen molar-refractivity contribution in [3.63, 3.8) is 0 Å². The van der Waals surface area contributed by atoms with E-state index in [9.17, 15) is 4.79 Å². The number of aromatic nitrogens is 1. The molecule has 0 saturated carbocycles. The van der Waals surface area contributed by atoms with Crippen molar-refractivity contribution in [2.75, 3.05) is 10.2 Å². The molecule has 4 heteroatoms. The molecule has 2 aromatic carbocycles. The van der Waals surface area contributed by atoms with Gasteiger partial charge in [-0.1, -0.05) is 36.4 Å². The van der Waals surface area contributed by atoms with Crippen LogP contribution in [-0.4, -0.2) is 16.9 Å². The summed E-state index contributed by atoms with van der Waals surface area (Å²) in [6, 6.07) is 21.9. The number of benzene rings is 2.